The van der Waals surface area contributed by atoms with Gasteiger partial charge in [0.05, 0.1) is 6.42 Å². The van der Waals surface area contributed by atoms with E-state index in [0.29, 0.717) is 0 Å². The predicted molar refractivity (Wildman–Crippen MR) is 50.7 cm³/mol. The first-order valence-corrected chi connectivity index (χ1v) is 5.29. The van der Waals surface area contributed by atoms with E-state index in [0.717, 1.165) is 6.92 Å². The van der Waals surface area contributed by atoms with E-state index in [9.17, 15) is 14.2 Å². The standard InChI is InChI=1S/C7H12NO6P/c1-7(6(11)12,15(13)14)4(3-8)2-5(9)10/h4H,2-3,8H2,1H3,(H2-,9,10,11,12,13,14)/p+1. The van der Waals surface area contributed by atoms with Crippen LogP contribution in [0.1, 0.15) is 13.3 Å². The number of nitrogens with two attached hydrogens (primary N) is 1. The molecule has 0 aromatic rings. The Labute approximate surface area is 86.8 Å². The van der Waals surface area contributed by atoms with Crippen molar-refractivity contribution in [3.8, 4) is 0 Å². The molecule has 0 amide bonds. The number of carboxylic acids is 2. The fourth-order valence-electron chi connectivity index (χ4n) is 1.13. The predicted octanol–water partition coefficient (Wildman–Crippen LogP) is -0.386. The number of hydrogen-bond acceptors (Lipinski definition) is 4. The van der Waals surface area contributed by atoms with Gasteiger partial charge in [-0.15, -0.1) is 0 Å². The molecule has 0 aliphatic heterocycles. The average Bonchev–Trinajstić information content (AvgIpc) is 2.11. The molecule has 0 spiro atoms. The van der Waals surface area contributed by atoms with Gasteiger partial charge in [-0.1, -0.05) is 0 Å². The van der Waals surface area contributed by atoms with Gasteiger partial charge >= 0.3 is 20.0 Å². The van der Waals surface area contributed by atoms with Gasteiger partial charge in [0.2, 0.25) is 0 Å². The molecule has 0 bridgehead atoms. The summed E-state index contributed by atoms with van der Waals surface area (Å²) in [6.07, 6.45) is -0.555. The van der Waals surface area contributed by atoms with Gasteiger partial charge in [-0.2, -0.15) is 4.89 Å². The van der Waals surface area contributed by atoms with Gasteiger partial charge in [0, 0.05) is 12.5 Å². The lowest BCUT2D eigenvalue weighted by Gasteiger charge is -2.20. The van der Waals surface area contributed by atoms with Crippen molar-refractivity contribution in [1.82, 2.24) is 0 Å². The number of carboxylic acid groups (broad SMARTS) is 2. The second kappa shape index (κ2) is 5.16. The van der Waals surface area contributed by atoms with Crippen molar-refractivity contribution in [3.63, 3.8) is 0 Å². The molecule has 0 saturated heterocycles. The lowest BCUT2D eigenvalue weighted by molar-refractivity contribution is -0.143. The molecule has 0 heterocycles. The molecule has 5 N–H and O–H groups in total. The van der Waals surface area contributed by atoms with Crippen molar-refractivity contribution in [1.29, 1.82) is 0 Å². The Morgan fingerprint density at radius 1 is 1.47 bits per heavy atom. The Kier molecular flexibility index (Phi) is 4.80. The summed E-state index contributed by atoms with van der Waals surface area (Å²) in [5, 5.41) is 15.3. The first-order valence-electron chi connectivity index (χ1n) is 4.08. The number of aliphatic carboxylic acids is 2. The third-order valence-corrected chi connectivity index (χ3v) is 3.68. The van der Waals surface area contributed by atoms with Gasteiger partial charge in [0.15, 0.2) is 0 Å². The molecule has 0 aromatic heterocycles. The van der Waals surface area contributed by atoms with Crippen molar-refractivity contribution in [3.05, 3.63) is 0 Å². The molecule has 0 saturated carbocycles. The lowest BCUT2D eigenvalue weighted by Crippen LogP contribution is -2.44. The van der Waals surface area contributed by atoms with Crippen LogP contribution in [0.4, 0.5) is 0 Å². The summed E-state index contributed by atoms with van der Waals surface area (Å²) in [5.74, 6) is -3.86. The summed E-state index contributed by atoms with van der Waals surface area (Å²) >= 11 is 0. The van der Waals surface area contributed by atoms with Crippen LogP contribution in [0, 0.1) is 5.92 Å². The number of carbonyl (C=O) groups is 2. The van der Waals surface area contributed by atoms with Crippen LogP contribution in [0.25, 0.3) is 0 Å². The molecule has 7 nitrogen and oxygen atoms in total. The van der Waals surface area contributed by atoms with Crippen LogP contribution < -0.4 is 5.73 Å². The Morgan fingerprint density at radius 3 is 2.13 bits per heavy atom. The summed E-state index contributed by atoms with van der Waals surface area (Å²) in [6.45, 7) is 0.741. The summed E-state index contributed by atoms with van der Waals surface area (Å²) in [5.41, 5.74) is 5.22. The molecule has 0 radical (unpaired) electrons. The highest BCUT2D eigenvalue weighted by Crippen LogP contribution is 2.42. The highest BCUT2D eigenvalue weighted by Gasteiger charge is 2.58. The average molecular weight is 238 g/mol. The van der Waals surface area contributed by atoms with E-state index < -0.39 is 37.5 Å². The van der Waals surface area contributed by atoms with Crippen LogP contribution in [0.15, 0.2) is 0 Å². The molecule has 3 unspecified atom stereocenters. The molecule has 15 heavy (non-hydrogen) atoms. The minimum atomic E-state index is -3.05. The molecule has 0 aliphatic rings. The third-order valence-electron chi connectivity index (χ3n) is 2.33. The monoisotopic (exact) mass is 238 g/mol. The lowest BCUT2D eigenvalue weighted by atomic mass is 9.90. The SMILES string of the molecule is CC(C(=O)O)(C(CN)CC(=O)O)[P+](=O)O. The van der Waals surface area contributed by atoms with Gasteiger partial charge < -0.3 is 15.9 Å². The van der Waals surface area contributed by atoms with Crippen LogP contribution in [-0.2, 0) is 14.2 Å². The third kappa shape index (κ3) is 2.95. The largest absolute Gasteiger partial charge is 0.524 e. The van der Waals surface area contributed by atoms with E-state index >= 15 is 0 Å². The van der Waals surface area contributed by atoms with Crippen LogP contribution in [-0.4, -0.2) is 38.7 Å². The van der Waals surface area contributed by atoms with Crippen molar-refractivity contribution < 1.29 is 29.3 Å². The van der Waals surface area contributed by atoms with E-state index in [1.165, 1.54) is 0 Å². The molecular formula is C7H13NO6P+. The van der Waals surface area contributed by atoms with Gasteiger partial charge in [-0.25, -0.2) is 4.79 Å². The fourth-order valence-corrected chi connectivity index (χ4v) is 1.81. The van der Waals surface area contributed by atoms with Gasteiger partial charge in [0.1, 0.15) is 0 Å². The zero-order valence-corrected chi connectivity index (χ0v) is 8.98. The first kappa shape index (κ1) is 14.0. The molecule has 0 aromatic carbocycles. The smallest absolute Gasteiger partial charge is 0.481 e. The van der Waals surface area contributed by atoms with Crippen LogP contribution in [0.5, 0.6) is 0 Å². The van der Waals surface area contributed by atoms with Crippen LogP contribution >= 0.6 is 8.03 Å². The summed E-state index contributed by atoms with van der Waals surface area (Å²) in [4.78, 5) is 30.2. The maximum Gasteiger partial charge on any atom is 0.524 e. The number of hydrogen-bond donors (Lipinski definition) is 4. The second-order valence-corrected chi connectivity index (χ2v) is 4.73. The Balaban J connectivity index is 5.11. The van der Waals surface area contributed by atoms with Crippen LogP contribution in [0.2, 0.25) is 0 Å². The minimum absolute atomic E-state index is 0.281. The number of rotatable bonds is 6. The van der Waals surface area contributed by atoms with Gasteiger partial charge in [-0.05, 0) is 11.5 Å². The van der Waals surface area contributed by atoms with E-state index in [1.807, 2.05) is 0 Å². The Bertz CT molecular complexity index is 277. The molecule has 0 rings (SSSR count). The van der Waals surface area contributed by atoms with Crippen molar-refractivity contribution in [2.24, 2.45) is 11.7 Å². The molecule has 86 valence electrons. The minimum Gasteiger partial charge on any atom is -0.481 e. The Morgan fingerprint density at radius 2 is 1.93 bits per heavy atom. The quantitative estimate of drug-likeness (QED) is 0.462. The van der Waals surface area contributed by atoms with E-state index in [4.69, 9.17) is 20.8 Å². The fraction of sp³-hybridized carbons (Fsp3) is 0.714. The van der Waals surface area contributed by atoms with Crippen LogP contribution in [0.3, 0.4) is 0 Å². The normalized spacial score (nSPS) is 17.7. The Hall–Kier alpha value is -1.04. The zero-order chi connectivity index (χ0) is 12.2. The van der Waals surface area contributed by atoms with Crippen molar-refractivity contribution >= 4 is 20.0 Å². The topological polar surface area (TPSA) is 138 Å². The highest BCUT2D eigenvalue weighted by molar-refractivity contribution is 7.41. The summed E-state index contributed by atoms with van der Waals surface area (Å²) in [6, 6.07) is 0. The highest BCUT2D eigenvalue weighted by atomic mass is 31.1. The van der Waals surface area contributed by atoms with E-state index in [1.54, 1.807) is 0 Å². The zero-order valence-electron chi connectivity index (χ0n) is 8.08. The maximum absolute atomic E-state index is 11.0. The molecule has 0 fully saturated rings. The van der Waals surface area contributed by atoms with Crippen molar-refractivity contribution in [2.75, 3.05) is 6.54 Å². The molecule has 8 heteroatoms. The maximum atomic E-state index is 11.0. The van der Waals surface area contributed by atoms with Gasteiger partial charge in [-0.3, -0.25) is 4.79 Å². The van der Waals surface area contributed by atoms with Crippen molar-refractivity contribution in [2.45, 2.75) is 18.5 Å². The van der Waals surface area contributed by atoms with E-state index in [2.05, 4.69) is 0 Å². The first-order chi connectivity index (χ1) is 6.76. The van der Waals surface area contributed by atoms with Gasteiger partial charge in [0.25, 0.3) is 5.16 Å². The molecule has 3 atom stereocenters. The summed E-state index contributed by atoms with van der Waals surface area (Å²) < 4.78 is 11.0. The molecular weight excluding hydrogens is 225 g/mol. The molecule has 0 aliphatic carbocycles. The van der Waals surface area contributed by atoms with E-state index in [-0.39, 0.29) is 6.54 Å². The summed E-state index contributed by atoms with van der Waals surface area (Å²) in [7, 11) is -3.05. The second-order valence-electron chi connectivity index (χ2n) is 3.26.